The fraction of sp³-hybridized carbons (Fsp3) is 0.400. The van der Waals surface area contributed by atoms with Crippen LogP contribution in [0.5, 0.6) is 6.01 Å². The number of fused-ring (bicyclic) bond motifs is 2. The fourth-order valence-electron chi connectivity index (χ4n) is 5.20. The first-order chi connectivity index (χ1) is 17.8. The molecule has 37 heavy (non-hydrogen) atoms. The van der Waals surface area contributed by atoms with Crippen molar-refractivity contribution in [2.45, 2.75) is 31.1 Å². The predicted octanol–water partition coefficient (Wildman–Crippen LogP) is 4.24. The molecule has 194 valence electrons. The number of likely N-dealkylation sites (tertiary alicyclic amines) is 1. The zero-order valence-electron chi connectivity index (χ0n) is 20.1. The van der Waals surface area contributed by atoms with Crippen LogP contribution in [0.3, 0.4) is 0 Å². The average Bonchev–Trinajstić information content (AvgIpc) is 3.55. The number of benzene rings is 2. The third-order valence-corrected chi connectivity index (χ3v) is 8.36. The Labute approximate surface area is 221 Å². The summed E-state index contributed by atoms with van der Waals surface area (Å²) >= 11 is 8.00. The van der Waals surface area contributed by atoms with Gasteiger partial charge in [-0.3, -0.25) is 0 Å². The van der Waals surface area contributed by atoms with Gasteiger partial charge in [-0.1, -0.05) is 35.1 Å². The highest BCUT2D eigenvalue weighted by Gasteiger charge is 2.33. The Balaban J connectivity index is 1.51. The second-order valence-electron chi connectivity index (χ2n) is 9.65. The lowest BCUT2D eigenvalue weighted by Crippen LogP contribution is -2.31. The van der Waals surface area contributed by atoms with Gasteiger partial charge in [-0.25, -0.2) is 13.8 Å². The summed E-state index contributed by atoms with van der Waals surface area (Å²) in [4.78, 5) is 17.3. The Morgan fingerprint density at radius 3 is 2.78 bits per heavy atom. The molecule has 2 saturated heterocycles. The number of nitrogens with two attached hydrogens (primary N) is 2. The highest BCUT2D eigenvalue weighted by molar-refractivity contribution is 7.22. The number of aromatic nitrogens is 3. The number of para-hydroxylation sites is 1. The number of likely N-dealkylation sites (N-methyl/N-ethyl adjacent to an activating group) is 1. The van der Waals surface area contributed by atoms with Crippen LogP contribution in [0.1, 0.15) is 12.8 Å². The van der Waals surface area contributed by atoms with Gasteiger partial charge in [-0.05, 0) is 38.6 Å². The zero-order chi connectivity index (χ0) is 25.8. The maximum Gasteiger partial charge on any atom is 0.319 e. The Bertz CT molecular complexity index is 1490. The van der Waals surface area contributed by atoms with E-state index in [0.29, 0.717) is 34.0 Å². The topological polar surface area (TPSA) is 106 Å². The number of alkyl halides is 1. The zero-order valence-corrected chi connectivity index (χ0v) is 21.7. The fourth-order valence-corrected chi connectivity index (χ4v) is 6.26. The van der Waals surface area contributed by atoms with Gasteiger partial charge in [0.1, 0.15) is 24.1 Å². The lowest BCUT2D eigenvalue weighted by molar-refractivity contribution is 0.188. The van der Waals surface area contributed by atoms with E-state index in [4.69, 9.17) is 27.8 Å². The molecular weight excluding hydrogens is 520 g/mol. The smallest absolute Gasteiger partial charge is 0.319 e. The molecule has 2 aromatic carbocycles. The molecule has 8 nitrogen and oxygen atoms in total. The van der Waals surface area contributed by atoms with Gasteiger partial charge in [0.25, 0.3) is 0 Å². The number of nitrogens with zero attached hydrogens (tertiary/aromatic N) is 5. The van der Waals surface area contributed by atoms with E-state index in [0.717, 1.165) is 24.1 Å². The Morgan fingerprint density at radius 2 is 2.05 bits per heavy atom. The second-order valence-corrected chi connectivity index (χ2v) is 11.1. The van der Waals surface area contributed by atoms with Crippen molar-refractivity contribution in [2.24, 2.45) is 5.73 Å². The molecule has 2 aliphatic heterocycles. The lowest BCUT2D eigenvalue weighted by Gasteiger charge is -2.22. The van der Waals surface area contributed by atoms with Gasteiger partial charge in [0.15, 0.2) is 10.9 Å². The molecule has 0 saturated carbocycles. The van der Waals surface area contributed by atoms with E-state index in [1.165, 1.54) is 11.3 Å². The first-order valence-corrected chi connectivity index (χ1v) is 13.3. The van der Waals surface area contributed by atoms with Crippen molar-refractivity contribution in [3.8, 4) is 17.1 Å². The molecule has 2 fully saturated rings. The summed E-state index contributed by atoms with van der Waals surface area (Å²) in [6, 6.07) is 6.62. The minimum atomic E-state index is -1.23. The quantitative estimate of drug-likeness (QED) is 0.383. The molecule has 3 atom stereocenters. The molecule has 0 radical (unpaired) electrons. The number of anilines is 2. The SMILES string of the molecule is CN1CCC[C@H]1COc1nc(N2CC(N)[C@@H](F)C2)c2cc(Cl)c(-c3cccc4sc(N)nc34)c(F)c2n1. The number of thiazole rings is 1. The average molecular weight is 546 g/mol. The maximum absolute atomic E-state index is 16.3. The molecule has 0 amide bonds. The molecule has 4 N–H and O–H groups in total. The van der Waals surface area contributed by atoms with Crippen molar-refractivity contribution >= 4 is 55.0 Å². The Hall–Kier alpha value is -2.86. The summed E-state index contributed by atoms with van der Waals surface area (Å²) in [6.07, 6.45) is 0.853. The van der Waals surface area contributed by atoms with E-state index in [2.05, 4.69) is 19.9 Å². The van der Waals surface area contributed by atoms with Crippen molar-refractivity contribution in [3.63, 3.8) is 0 Å². The highest BCUT2D eigenvalue weighted by Crippen LogP contribution is 2.42. The number of ether oxygens (including phenoxy) is 1. The monoisotopic (exact) mass is 545 g/mol. The van der Waals surface area contributed by atoms with Crippen LogP contribution in [0.2, 0.25) is 5.02 Å². The highest BCUT2D eigenvalue weighted by atomic mass is 35.5. The van der Waals surface area contributed by atoms with Gasteiger partial charge < -0.3 is 26.0 Å². The minimum absolute atomic E-state index is 0.0296. The summed E-state index contributed by atoms with van der Waals surface area (Å²) in [5, 5.41) is 0.904. The van der Waals surface area contributed by atoms with Gasteiger partial charge >= 0.3 is 6.01 Å². The largest absolute Gasteiger partial charge is 0.462 e. The molecular formula is C25H26ClF2N7OS. The molecule has 12 heteroatoms. The van der Waals surface area contributed by atoms with E-state index in [1.54, 1.807) is 23.1 Å². The summed E-state index contributed by atoms with van der Waals surface area (Å²) in [6.45, 7) is 1.63. The van der Waals surface area contributed by atoms with Crippen LogP contribution in [-0.4, -0.2) is 71.4 Å². The van der Waals surface area contributed by atoms with Crippen molar-refractivity contribution < 1.29 is 13.5 Å². The molecule has 0 bridgehead atoms. The molecule has 2 aliphatic rings. The van der Waals surface area contributed by atoms with Crippen LogP contribution in [-0.2, 0) is 0 Å². The van der Waals surface area contributed by atoms with Gasteiger partial charge in [0.2, 0.25) is 0 Å². The predicted molar refractivity (Wildman–Crippen MR) is 144 cm³/mol. The Kier molecular flexibility index (Phi) is 6.26. The van der Waals surface area contributed by atoms with E-state index in [-0.39, 0.29) is 41.2 Å². The molecule has 1 unspecified atom stereocenters. The van der Waals surface area contributed by atoms with Crippen molar-refractivity contribution in [1.82, 2.24) is 19.9 Å². The minimum Gasteiger partial charge on any atom is -0.462 e. The third kappa shape index (κ3) is 4.33. The second kappa shape index (κ2) is 9.46. The number of hydrogen-bond acceptors (Lipinski definition) is 9. The number of halogens is 3. The molecule has 4 aromatic rings. The molecule has 4 heterocycles. The molecule has 0 aliphatic carbocycles. The van der Waals surface area contributed by atoms with Crippen LogP contribution in [0, 0.1) is 5.82 Å². The van der Waals surface area contributed by atoms with Gasteiger partial charge in [-0.15, -0.1) is 0 Å². The van der Waals surface area contributed by atoms with E-state index in [9.17, 15) is 4.39 Å². The number of hydrogen-bond donors (Lipinski definition) is 2. The first kappa shape index (κ1) is 24.5. The molecule has 6 rings (SSSR count). The van der Waals surface area contributed by atoms with Gasteiger partial charge in [0.05, 0.1) is 27.8 Å². The maximum atomic E-state index is 16.3. The van der Waals surface area contributed by atoms with Crippen molar-refractivity contribution in [2.75, 3.05) is 43.9 Å². The van der Waals surface area contributed by atoms with Gasteiger partial charge in [-0.2, -0.15) is 9.97 Å². The van der Waals surface area contributed by atoms with E-state index in [1.807, 2.05) is 13.1 Å². The van der Waals surface area contributed by atoms with E-state index >= 15 is 4.39 Å². The van der Waals surface area contributed by atoms with Crippen molar-refractivity contribution in [3.05, 3.63) is 35.1 Å². The van der Waals surface area contributed by atoms with Crippen LogP contribution in [0.15, 0.2) is 24.3 Å². The summed E-state index contributed by atoms with van der Waals surface area (Å²) in [5.74, 6) is -0.285. The summed E-state index contributed by atoms with van der Waals surface area (Å²) in [5.41, 5.74) is 13.1. The third-order valence-electron chi connectivity index (χ3n) is 7.21. The van der Waals surface area contributed by atoms with Crippen LogP contribution in [0.4, 0.5) is 19.7 Å². The van der Waals surface area contributed by atoms with Gasteiger partial charge in [0, 0.05) is 29.1 Å². The Morgan fingerprint density at radius 1 is 1.22 bits per heavy atom. The van der Waals surface area contributed by atoms with Crippen LogP contribution >= 0.6 is 22.9 Å². The summed E-state index contributed by atoms with van der Waals surface area (Å²) in [7, 11) is 2.04. The molecule has 2 aromatic heterocycles. The standard InChI is InChI=1S/C25H26ClF2N7OS/c1-34-7-3-4-12(34)11-36-25-32-22-14(23(33-25)35-9-16(27)17(29)10-35)8-15(26)19(20(22)28)13-5-2-6-18-21(13)31-24(30)37-18/h2,5-6,8,12,16-17H,3-4,7,9-11,29H2,1H3,(H2,30,31)/t12-,16-,17?/m0/s1. The number of rotatable bonds is 5. The van der Waals surface area contributed by atoms with Crippen LogP contribution < -0.4 is 21.1 Å². The van der Waals surface area contributed by atoms with Crippen LogP contribution in [0.25, 0.3) is 32.2 Å². The number of nitrogen functional groups attached to an aromatic ring is 1. The first-order valence-electron chi connectivity index (χ1n) is 12.1. The normalized spacial score (nSPS) is 22.5. The molecule has 0 spiro atoms. The van der Waals surface area contributed by atoms with Crippen molar-refractivity contribution in [1.29, 1.82) is 0 Å². The van der Waals surface area contributed by atoms with E-state index < -0.39 is 18.0 Å². The summed E-state index contributed by atoms with van der Waals surface area (Å²) < 4.78 is 37.5. The lowest BCUT2D eigenvalue weighted by atomic mass is 10.0.